The lowest BCUT2D eigenvalue weighted by atomic mass is 10.1. The van der Waals surface area contributed by atoms with E-state index < -0.39 is 0 Å². The third-order valence-electron chi connectivity index (χ3n) is 3.37. The summed E-state index contributed by atoms with van der Waals surface area (Å²) in [4.78, 5) is 6.87. The molecule has 2 aromatic rings. The summed E-state index contributed by atoms with van der Waals surface area (Å²) < 4.78 is 17.3. The van der Waals surface area contributed by atoms with Gasteiger partial charge in [0, 0.05) is 43.6 Å². The summed E-state index contributed by atoms with van der Waals surface area (Å²) in [5.74, 6) is 0.596. The Morgan fingerprint density at radius 2 is 2.20 bits per heavy atom. The lowest BCUT2D eigenvalue weighted by Crippen LogP contribution is -2.49. The molecule has 0 bridgehead atoms. The van der Waals surface area contributed by atoms with Gasteiger partial charge in [0.05, 0.1) is 0 Å². The lowest BCUT2D eigenvalue weighted by molar-refractivity contribution is 0.484. The molecule has 2 heterocycles. The van der Waals surface area contributed by atoms with Crippen LogP contribution in [0.4, 0.5) is 9.52 Å². The second kappa shape index (κ2) is 5.85. The van der Waals surface area contributed by atoms with Crippen molar-refractivity contribution in [3.63, 3.8) is 0 Å². The van der Waals surface area contributed by atoms with Gasteiger partial charge in [0.25, 0.3) is 0 Å². The van der Waals surface area contributed by atoms with Crippen molar-refractivity contribution in [2.24, 2.45) is 0 Å². The average Bonchev–Trinajstić information content (AvgIpc) is 2.90. The number of piperazine rings is 1. The summed E-state index contributed by atoms with van der Waals surface area (Å²) in [7, 11) is 0. The summed E-state index contributed by atoms with van der Waals surface area (Å²) in [6, 6.07) is 6.99. The Labute approximate surface area is 121 Å². The fourth-order valence-corrected chi connectivity index (χ4v) is 3.06. The van der Waals surface area contributed by atoms with E-state index in [0.29, 0.717) is 12.5 Å². The highest BCUT2D eigenvalue weighted by Gasteiger charge is 2.19. The highest BCUT2D eigenvalue weighted by Crippen LogP contribution is 2.20. The largest absolute Gasteiger partial charge is 0.344 e. The first-order valence-electron chi connectivity index (χ1n) is 6.76. The molecule has 6 heteroatoms. The summed E-state index contributed by atoms with van der Waals surface area (Å²) in [6.45, 7) is 5.08. The minimum Gasteiger partial charge on any atom is -0.344 e. The minimum absolute atomic E-state index is 0.213. The number of halogens is 1. The van der Waals surface area contributed by atoms with E-state index in [1.807, 2.05) is 0 Å². The average molecular weight is 292 g/mol. The van der Waals surface area contributed by atoms with Gasteiger partial charge in [0.1, 0.15) is 11.6 Å². The standard InChI is InChI=1S/C14H17FN4S/c1-10-9-19(7-6-16-10)14-17-13(18-20-14)8-11-2-4-12(15)5-3-11/h2-5,10,16H,6-9H2,1H3/t10-/m0/s1. The Balaban J connectivity index is 1.68. The van der Waals surface area contributed by atoms with Crippen LogP contribution in [-0.4, -0.2) is 35.0 Å². The van der Waals surface area contributed by atoms with Gasteiger partial charge in [-0.15, -0.1) is 0 Å². The number of nitrogens with one attached hydrogen (secondary N) is 1. The Morgan fingerprint density at radius 3 is 2.95 bits per heavy atom. The number of hydrogen-bond acceptors (Lipinski definition) is 5. The normalized spacial score (nSPS) is 19.3. The number of anilines is 1. The van der Waals surface area contributed by atoms with Crippen LogP contribution in [0.5, 0.6) is 0 Å². The quantitative estimate of drug-likeness (QED) is 0.940. The van der Waals surface area contributed by atoms with Crippen molar-refractivity contribution in [1.29, 1.82) is 0 Å². The van der Waals surface area contributed by atoms with E-state index in [0.717, 1.165) is 36.2 Å². The van der Waals surface area contributed by atoms with Gasteiger partial charge in [-0.1, -0.05) is 12.1 Å². The van der Waals surface area contributed by atoms with Crippen molar-refractivity contribution in [1.82, 2.24) is 14.7 Å². The van der Waals surface area contributed by atoms with Gasteiger partial charge >= 0.3 is 0 Å². The fraction of sp³-hybridized carbons (Fsp3) is 0.429. The molecule has 0 radical (unpaired) electrons. The first kappa shape index (κ1) is 13.5. The van der Waals surface area contributed by atoms with E-state index in [1.165, 1.54) is 23.7 Å². The van der Waals surface area contributed by atoms with Crippen LogP contribution in [0.25, 0.3) is 0 Å². The minimum atomic E-state index is -0.213. The van der Waals surface area contributed by atoms with Crippen LogP contribution in [0.2, 0.25) is 0 Å². The summed E-state index contributed by atoms with van der Waals surface area (Å²) >= 11 is 1.44. The molecule has 1 aromatic carbocycles. The number of nitrogens with zero attached hydrogens (tertiary/aromatic N) is 3. The van der Waals surface area contributed by atoms with Gasteiger partial charge in [-0.25, -0.2) is 9.37 Å². The van der Waals surface area contributed by atoms with Crippen LogP contribution in [0.3, 0.4) is 0 Å². The summed E-state index contributed by atoms with van der Waals surface area (Å²) in [5.41, 5.74) is 1.03. The zero-order valence-corrected chi connectivity index (χ0v) is 12.2. The van der Waals surface area contributed by atoms with E-state index >= 15 is 0 Å². The Bertz CT molecular complexity index is 569. The molecule has 1 saturated heterocycles. The SMILES string of the molecule is C[C@H]1CN(c2nc(Cc3ccc(F)cc3)ns2)CCN1. The Kier molecular flexibility index (Phi) is 3.93. The molecule has 0 unspecified atom stereocenters. The van der Waals surface area contributed by atoms with Crippen molar-refractivity contribution < 1.29 is 4.39 Å². The third kappa shape index (κ3) is 3.13. The van der Waals surface area contributed by atoms with Gasteiger partial charge in [-0.2, -0.15) is 4.37 Å². The van der Waals surface area contributed by atoms with E-state index in [4.69, 9.17) is 0 Å². The van der Waals surface area contributed by atoms with Crippen molar-refractivity contribution in [2.75, 3.05) is 24.5 Å². The van der Waals surface area contributed by atoms with E-state index in [-0.39, 0.29) is 5.82 Å². The van der Waals surface area contributed by atoms with Gasteiger partial charge in [-0.05, 0) is 24.6 Å². The number of hydrogen-bond donors (Lipinski definition) is 1. The molecule has 1 aliphatic rings. The summed E-state index contributed by atoms with van der Waals surface area (Å²) in [5, 5.41) is 4.39. The van der Waals surface area contributed by atoms with Crippen LogP contribution in [0.1, 0.15) is 18.3 Å². The van der Waals surface area contributed by atoms with E-state index in [9.17, 15) is 4.39 Å². The van der Waals surface area contributed by atoms with Crippen LogP contribution in [0, 0.1) is 5.82 Å². The molecule has 0 saturated carbocycles. The molecule has 3 rings (SSSR count). The molecule has 4 nitrogen and oxygen atoms in total. The number of rotatable bonds is 3. The smallest absolute Gasteiger partial charge is 0.205 e. The first-order valence-corrected chi connectivity index (χ1v) is 7.53. The third-order valence-corrected chi connectivity index (χ3v) is 4.19. The maximum Gasteiger partial charge on any atom is 0.205 e. The van der Waals surface area contributed by atoms with Gasteiger partial charge in [0.15, 0.2) is 0 Å². The van der Waals surface area contributed by atoms with E-state index in [1.54, 1.807) is 12.1 Å². The van der Waals surface area contributed by atoms with Crippen LogP contribution in [0.15, 0.2) is 24.3 Å². The lowest BCUT2D eigenvalue weighted by Gasteiger charge is -2.31. The maximum absolute atomic E-state index is 12.9. The Morgan fingerprint density at radius 1 is 1.40 bits per heavy atom. The molecule has 1 atom stereocenters. The van der Waals surface area contributed by atoms with Crippen LogP contribution < -0.4 is 10.2 Å². The zero-order valence-electron chi connectivity index (χ0n) is 11.3. The van der Waals surface area contributed by atoms with Gasteiger partial charge < -0.3 is 10.2 Å². The second-order valence-corrected chi connectivity index (χ2v) is 5.83. The van der Waals surface area contributed by atoms with Crippen molar-refractivity contribution >= 4 is 16.7 Å². The van der Waals surface area contributed by atoms with Gasteiger partial charge in [0.2, 0.25) is 5.13 Å². The molecule has 20 heavy (non-hydrogen) atoms. The topological polar surface area (TPSA) is 41.1 Å². The maximum atomic E-state index is 12.9. The first-order chi connectivity index (χ1) is 9.70. The highest BCUT2D eigenvalue weighted by atomic mass is 32.1. The molecule has 1 aromatic heterocycles. The van der Waals surface area contributed by atoms with Crippen LogP contribution >= 0.6 is 11.5 Å². The molecular weight excluding hydrogens is 275 g/mol. The molecular formula is C14H17FN4S. The van der Waals surface area contributed by atoms with Crippen molar-refractivity contribution in [3.05, 3.63) is 41.5 Å². The molecule has 1 N–H and O–H groups in total. The number of aromatic nitrogens is 2. The monoisotopic (exact) mass is 292 g/mol. The molecule has 1 fully saturated rings. The van der Waals surface area contributed by atoms with Crippen molar-refractivity contribution in [3.8, 4) is 0 Å². The molecule has 106 valence electrons. The van der Waals surface area contributed by atoms with Gasteiger partial charge in [-0.3, -0.25) is 0 Å². The highest BCUT2D eigenvalue weighted by molar-refractivity contribution is 7.09. The molecule has 0 aliphatic carbocycles. The second-order valence-electron chi connectivity index (χ2n) is 5.10. The molecule has 1 aliphatic heterocycles. The van der Waals surface area contributed by atoms with Crippen molar-refractivity contribution in [2.45, 2.75) is 19.4 Å². The number of benzene rings is 1. The van der Waals surface area contributed by atoms with E-state index in [2.05, 4.69) is 26.5 Å². The predicted molar refractivity (Wildman–Crippen MR) is 78.8 cm³/mol. The molecule has 0 spiro atoms. The summed E-state index contributed by atoms with van der Waals surface area (Å²) in [6.07, 6.45) is 0.651. The Hall–Kier alpha value is -1.53. The zero-order chi connectivity index (χ0) is 13.9. The van der Waals surface area contributed by atoms with Crippen LogP contribution in [-0.2, 0) is 6.42 Å². The predicted octanol–water partition coefficient (Wildman–Crippen LogP) is 2.07. The fourth-order valence-electron chi connectivity index (χ4n) is 2.34. The molecule has 0 amide bonds.